The minimum atomic E-state index is -0.383. The lowest BCUT2D eigenvalue weighted by Crippen LogP contribution is -2.11. The highest BCUT2D eigenvalue weighted by molar-refractivity contribution is 7.13. The van der Waals surface area contributed by atoms with Crippen LogP contribution in [-0.4, -0.2) is 27.3 Å². The highest BCUT2D eigenvalue weighted by Gasteiger charge is 2.15. The van der Waals surface area contributed by atoms with Crippen LogP contribution < -0.4 is 10.1 Å². The molecule has 2 aromatic heterocycles. The average molecular weight is 408 g/mol. The molecule has 6 nitrogen and oxygen atoms in total. The first-order valence-corrected chi connectivity index (χ1v) is 9.83. The lowest BCUT2D eigenvalue weighted by atomic mass is 10.2. The zero-order valence-electron chi connectivity index (χ0n) is 15.5. The summed E-state index contributed by atoms with van der Waals surface area (Å²) in [5.41, 5.74) is 1.78. The van der Waals surface area contributed by atoms with E-state index in [0.29, 0.717) is 29.7 Å². The highest BCUT2D eigenvalue weighted by Crippen LogP contribution is 2.27. The van der Waals surface area contributed by atoms with Crippen molar-refractivity contribution >= 4 is 22.9 Å². The standard InChI is InChI=1S/C21H17FN4O2S/c1-2-28-21-24-19(18-4-3-13-29-18)26(25-21)17-11-9-16(10-12-17)23-20(27)14-5-7-15(22)8-6-14/h3-13H,2H2,1H3,(H,23,27). The van der Waals surface area contributed by atoms with E-state index < -0.39 is 0 Å². The highest BCUT2D eigenvalue weighted by atomic mass is 32.1. The van der Waals surface area contributed by atoms with Gasteiger partial charge >= 0.3 is 6.01 Å². The summed E-state index contributed by atoms with van der Waals surface area (Å²) in [5, 5.41) is 9.21. The third-order valence-electron chi connectivity index (χ3n) is 4.08. The monoisotopic (exact) mass is 408 g/mol. The number of benzene rings is 2. The largest absolute Gasteiger partial charge is 0.463 e. The number of halogens is 1. The first-order chi connectivity index (χ1) is 14.1. The lowest BCUT2D eigenvalue weighted by molar-refractivity contribution is 0.102. The molecule has 8 heteroatoms. The van der Waals surface area contributed by atoms with Crippen molar-refractivity contribution in [2.45, 2.75) is 6.92 Å². The van der Waals surface area contributed by atoms with Crippen molar-refractivity contribution in [3.8, 4) is 22.4 Å². The Labute approximate surface area is 170 Å². The summed E-state index contributed by atoms with van der Waals surface area (Å²) in [6, 6.07) is 16.8. The molecular weight excluding hydrogens is 391 g/mol. The number of aromatic nitrogens is 3. The molecule has 0 atom stereocenters. The Bertz CT molecular complexity index is 1110. The molecule has 29 heavy (non-hydrogen) atoms. The van der Waals surface area contributed by atoms with Crippen LogP contribution in [0.3, 0.4) is 0 Å². The summed E-state index contributed by atoms with van der Waals surface area (Å²) in [5.74, 6) is -0.00494. The van der Waals surface area contributed by atoms with Gasteiger partial charge in [0.2, 0.25) is 0 Å². The second-order valence-corrected chi connectivity index (χ2v) is 7.00. The van der Waals surface area contributed by atoms with Crippen LogP contribution in [-0.2, 0) is 0 Å². The molecule has 146 valence electrons. The maximum Gasteiger partial charge on any atom is 0.336 e. The molecule has 2 aromatic carbocycles. The summed E-state index contributed by atoms with van der Waals surface area (Å²) in [4.78, 5) is 17.7. The number of carbonyl (C=O) groups is 1. The molecule has 0 aliphatic carbocycles. The van der Waals surface area contributed by atoms with Gasteiger partial charge in [-0.2, -0.15) is 4.98 Å². The molecule has 0 saturated carbocycles. The second-order valence-electron chi connectivity index (χ2n) is 6.05. The summed E-state index contributed by atoms with van der Waals surface area (Å²) < 4.78 is 20.2. The van der Waals surface area contributed by atoms with Gasteiger partial charge in [0.05, 0.1) is 17.2 Å². The van der Waals surface area contributed by atoms with Gasteiger partial charge in [0.25, 0.3) is 5.91 Å². The zero-order valence-corrected chi connectivity index (χ0v) is 16.3. The minimum Gasteiger partial charge on any atom is -0.463 e. The number of nitrogens with zero attached hydrogens (tertiary/aromatic N) is 3. The Hall–Kier alpha value is -3.52. The molecule has 0 aliphatic heterocycles. The quantitative estimate of drug-likeness (QED) is 0.498. The first kappa shape index (κ1) is 18.8. The predicted molar refractivity (Wildman–Crippen MR) is 110 cm³/mol. The molecule has 2 heterocycles. The number of carbonyl (C=O) groups excluding carboxylic acids is 1. The summed E-state index contributed by atoms with van der Waals surface area (Å²) in [6.07, 6.45) is 0. The number of anilines is 1. The second kappa shape index (κ2) is 8.24. The summed E-state index contributed by atoms with van der Waals surface area (Å²) >= 11 is 1.56. The number of thiophene rings is 1. The molecule has 0 unspecified atom stereocenters. The van der Waals surface area contributed by atoms with Gasteiger partial charge in [0.15, 0.2) is 5.82 Å². The van der Waals surface area contributed by atoms with Crippen molar-refractivity contribution in [2.75, 3.05) is 11.9 Å². The van der Waals surface area contributed by atoms with Crippen LogP contribution in [0.25, 0.3) is 16.4 Å². The zero-order chi connectivity index (χ0) is 20.2. The Morgan fingerprint density at radius 2 is 1.90 bits per heavy atom. The van der Waals surface area contributed by atoms with E-state index in [9.17, 15) is 9.18 Å². The number of ether oxygens (including phenoxy) is 1. The minimum absolute atomic E-state index is 0.309. The summed E-state index contributed by atoms with van der Waals surface area (Å²) in [7, 11) is 0. The van der Waals surface area contributed by atoms with E-state index >= 15 is 0 Å². The number of amides is 1. The number of nitrogens with one attached hydrogen (secondary N) is 1. The van der Waals surface area contributed by atoms with Gasteiger partial charge in [0, 0.05) is 11.3 Å². The average Bonchev–Trinajstić information content (AvgIpc) is 3.39. The van der Waals surface area contributed by atoms with Crippen molar-refractivity contribution in [3.05, 3.63) is 77.4 Å². The van der Waals surface area contributed by atoms with Crippen LogP contribution in [0.15, 0.2) is 66.0 Å². The molecule has 4 rings (SSSR count). The molecule has 0 bridgehead atoms. The van der Waals surface area contributed by atoms with Gasteiger partial charge in [-0.1, -0.05) is 6.07 Å². The smallest absolute Gasteiger partial charge is 0.336 e. The maximum atomic E-state index is 13.0. The van der Waals surface area contributed by atoms with E-state index in [0.717, 1.165) is 10.6 Å². The molecular formula is C21H17FN4O2S. The van der Waals surface area contributed by atoms with Gasteiger partial charge in [-0.05, 0) is 66.9 Å². The first-order valence-electron chi connectivity index (χ1n) is 8.95. The van der Waals surface area contributed by atoms with Crippen LogP contribution in [0.2, 0.25) is 0 Å². The van der Waals surface area contributed by atoms with E-state index in [4.69, 9.17) is 4.74 Å². The van der Waals surface area contributed by atoms with Crippen molar-refractivity contribution < 1.29 is 13.9 Å². The molecule has 0 spiro atoms. The van der Waals surface area contributed by atoms with Crippen LogP contribution in [0.4, 0.5) is 10.1 Å². The normalized spacial score (nSPS) is 10.7. The molecule has 0 fully saturated rings. The lowest BCUT2D eigenvalue weighted by Gasteiger charge is -2.08. The van der Waals surface area contributed by atoms with Gasteiger partial charge < -0.3 is 10.1 Å². The molecule has 1 N–H and O–H groups in total. The molecule has 4 aromatic rings. The van der Waals surface area contributed by atoms with Crippen LogP contribution in [0.1, 0.15) is 17.3 Å². The summed E-state index contributed by atoms with van der Waals surface area (Å²) in [6.45, 7) is 2.35. The van der Waals surface area contributed by atoms with Gasteiger partial charge in [-0.15, -0.1) is 16.4 Å². The number of hydrogen-bond donors (Lipinski definition) is 1. The fourth-order valence-electron chi connectivity index (χ4n) is 2.72. The van der Waals surface area contributed by atoms with E-state index in [-0.39, 0.29) is 11.7 Å². The maximum absolute atomic E-state index is 13.0. The van der Waals surface area contributed by atoms with Gasteiger partial charge in [0.1, 0.15) is 5.82 Å². The van der Waals surface area contributed by atoms with Crippen molar-refractivity contribution in [3.63, 3.8) is 0 Å². The molecule has 0 radical (unpaired) electrons. The van der Waals surface area contributed by atoms with Crippen molar-refractivity contribution in [2.24, 2.45) is 0 Å². The Balaban J connectivity index is 1.58. The van der Waals surface area contributed by atoms with Crippen LogP contribution >= 0.6 is 11.3 Å². The predicted octanol–water partition coefficient (Wildman–Crippen LogP) is 4.79. The van der Waals surface area contributed by atoms with Crippen LogP contribution in [0, 0.1) is 5.82 Å². The SMILES string of the molecule is CCOc1nc(-c2cccs2)n(-c2ccc(NC(=O)c3ccc(F)cc3)cc2)n1. The Kier molecular flexibility index (Phi) is 5.35. The van der Waals surface area contributed by atoms with E-state index in [1.165, 1.54) is 24.3 Å². The topological polar surface area (TPSA) is 69.0 Å². The molecule has 1 amide bonds. The van der Waals surface area contributed by atoms with Crippen molar-refractivity contribution in [1.29, 1.82) is 0 Å². The molecule has 0 aliphatic rings. The third kappa shape index (κ3) is 4.17. The van der Waals surface area contributed by atoms with E-state index in [1.807, 2.05) is 36.6 Å². The van der Waals surface area contributed by atoms with E-state index in [2.05, 4.69) is 15.4 Å². The van der Waals surface area contributed by atoms with Crippen molar-refractivity contribution in [1.82, 2.24) is 14.8 Å². The van der Waals surface area contributed by atoms with Gasteiger partial charge in [-0.25, -0.2) is 9.07 Å². The number of rotatable bonds is 6. The Morgan fingerprint density at radius 3 is 2.55 bits per heavy atom. The third-order valence-corrected chi connectivity index (χ3v) is 4.94. The van der Waals surface area contributed by atoms with E-state index in [1.54, 1.807) is 28.2 Å². The van der Waals surface area contributed by atoms with Crippen LogP contribution in [0.5, 0.6) is 6.01 Å². The fourth-order valence-corrected chi connectivity index (χ4v) is 3.42. The van der Waals surface area contributed by atoms with Gasteiger partial charge in [-0.3, -0.25) is 4.79 Å². The Morgan fingerprint density at radius 1 is 1.14 bits per heavy atom. The fraction of sp³-hybridized carbons (Fsp3) is 0.0952. The molecule has 0 saturated heterocycles. The number of hydrogen-bond acceptors (Lipinski definition) is 5.